The summed E-state index contributed by atoms with van der Waals surface area (Å²) in [4.78, 5) is 28.1. The van der Waals surface area contributed by atoms with Crippen LogP contribution in [0, 0.1) is 6.92 Å². The van der Waals surface area contributed by atoms with Crippen LogP contribution in [0.5, 0.6) is 0 Å². The molecule has 0 aliphatic heterocycles. The van der Waals surface area contributed by atoms with Crippen LogP contribution in [0.2, 0.25) is 0 Å². The van der Waals surface area contributed by atoms with Gasteiger partial charge in [0.2, 0.25) is 5.89 Å². The van der Waals surface area contributed by atoms with Crippen molar-refractivity contribution in [3.8, 4) is 11.5 Å². The highest BCUT2D eigenvalue weighted by atomic mass is 19.4. The lowest BCUT2D eigenvalue weighted by atomic mass is 9.97. The zero-order chi connectivity index (χ0) is 21.9. The second kappa shape index (κ2) is 8.40. The van der Waals surface area contributed by atoms with E-state index >= 15 is 0 Å². The molecule has 1 unspecified atom stereocenters. The Bertz CT molecular complexity index is 1060. The molecule has 2 N–H and O–H groups in total. The van der Waals surface area contributed by atoms with Gasteiger partial charge in [-0.25, -0.2) is 4.98 Å². The normalized spacial score (nSPS) is 12.4. The Morgan fingerprint density at radius 3 is 2.37 bits per heavy atom. The van der Waals surface area contributed by atoms with Gasteiger partial charge in [0.05, 0.1) is 18.0 Å². The van der Waals surface area contributed by atoms with Gasteiger partial charge in [-0.15, -0.1) is 0 Å². The number of oxazole rings is 1. The third-order valence-corrected chi connectivity index (χ3v) is 4.36. The number of carbonyl (C=O) groups is 2. The van der Waals surface area contributed by atoms with Crippen molar-refractivity contribution in [3.05, 3.63) is 77.2 Å². The van der Waals surface area contributed by atoms with Crippen LogP contribution in [0.1, 0.15) is 39.8 Å². The summed E-state index contributed by atoms with van der Waals surface area (Å²) in [7, 11) is 0. The molecule has 1 heterocycles. The summed E-state index contributed by atoms with van der Waals surface area (Å²) in [6, 6.07) is 11.9. The lowest BCUT2D eigenvalue weighted by Crippen LogP contribution is -2.32. The Balaban J connectivity index is 1.93. The molecule has 3 rings (SSSR count). The number of nitrogens with zero attached hydrogens (tertiary/aromatic N) is 1. The predicted octanol–water partition coefficient (Wildman–Crippen LogP) is 4.61. The van der Waals surface area contributed by atoms with Gasteiger partial charge in [0.25, 0.3) is 5.91 Å². The summed E-state index contributed by atoms with van der Waals surface area (Å²) < 4.78 is 45.6. The molecule has 156 valence electrons. The fourth-order valence-corrected chi connectivity index (χ4v) is 3.01. The highest BCUT2D eigenvalue weighted by Crippen LogP contribution is 2.35. The zero-order valence-corrected chi connectivity index (χ0v) is 15.7. The Morgan fingerprint density at radius 1 is 1.10 bits per heavy atom. The van der Waals surface area contributed by atoms with E-state index in [1.54, 1.807) is 30.3 Å². The molecular weight excluding hydrogens is 401 g/mol. The number of rotatable bonds is 6. The number of hydrogen-bond acceptors (Lipinski definition) is 4. The van der Waals surface area contributed by atoms with Crippen LogP contribution in [0.4, 0.5) is 13.2 Å². The zero-order valence-electron chi connectivity index (χ0n) is 15.7. The summed E-state index contributed by atoms with van der Waals surface area (Å²) in [5, 5.41) is 11.5. The maximum absolute atomic E-state index is 13.4. The fourth-order valence-electron chi connectivity index (χ4n) is 3.01. The van der Waals surface area contributed by atoms with Crippen LogP contribution in [-0.4, -0.2) is 22.0 Å². The van der Waals surface area contributed by atoms with Gasteiger partial charge in [-0.1, -0.05) is 36.4 Å². The molecule has 6 nitrogen and oxygen atoms in total. The van der Waals surface area contributed by atoms with Gasteiger partial charge in [-0.2, -0.15) is 13.2 Å². The minimum atomic E-state index is -4.71. The number of aromatic nitrogens is 1. The molecule has 3 aromatic rings. The first kappa shape index (κ1) is 21.1. The molecule has 0 aliphatic carbocycles. The third-order valence-electron chi connectivity index (χ3n) is 4.36. The van der Waals surface area contributed by atoms with Gasteiger partial charge in [0.1, 0.15) is 5.76 Å². The lowest BCUT2D eigenvalue weighted by Gasteiger charge is -2.21. The molecule has 0 fully saturated rings. The highest BCUT2D eigenvalue weighted by molar-refractivity contribution is 5.94. The molecule has 30 heavy (non-hydrogen) atoms. The summed E-state index contributed by atoms with van der Waals surface area (Å²) in [5.41, 5.74) is -0.874. The fraction of sp³-hybridized carbons (Fsp3) is 0.190. The number of benzene rings is 2. The average Bonchev–Trinajstić information content (AvgIpc) is 3.09. The largest absolute Gasteiger partial charge is 0.481 e. The Kier molecular flexibility index (Phi) is 5.91. The van der Waals surface area contributed by atoms with E-state index in [0.29, 0.717) is 5.56 Å². The molecule has 0 aliphatic rings. The molecule has 0 radical (unpaired) electrons. The van der Waals surface area contributed by atoms with Crippen molar-refractivity contribution in [2.24, 2.45) is 0 Å². The van der Waals surface area contributed by atoms with Crippen molar-refractivity contribution < 1.29 is 32.3 Å². The molecule has 9 heteroatoms. The topological polar surface area (TPSA) is 92.4 Å². The summed E-state index contributed by atoms with van der Waals surface area (Å²) in [5.74, 6) is -1.87. The molecule has 0 bridgehead atoms. The first-order chi connectivity index (χ1) is 14.2. The van der Waals surface area contributed by atoms with Crippen molar-refractivity contribution in [2.75, 3.05) is 0 Å². The molecule has 1 amide bonds. The van der Waals surface area contributed by atoms with Gasteiger partial charge in [-0.05, 0) is 30.7 Å². The Morgan fingerprint density at radius 2 is 1.73 bits per heavy atom. The summed E-state index contributed by atoms with van der Waals surface area (Å²) in [6.07, 6.45) is -5.44. The number of hydrogen-bond donors (Lipinski definition) is 2. The van der Waals surface area contributed by atoms with E-state index < -0.39 is 36.1 Å². The number of halogens is 3. The molecule has 2 aromatic carbocycles. The van der Waals surface area contributed by atoms with Crippen molar-refractivity contribution in [3.63, 3.8) is 0 Å². The Hall–Kier alpha value is -3.62. The number of amides is 1. The standard InChI is InChI=1S/C21H17F3N2O4/c1-12-18(26-20(30-12)13-7-3-2-4-8-13)19(29)25-16(11-17(27)28)14-9-5-6-10-15(14)21(22,23)24/h2-10,16H,11H2,1H3,(H,25,29)(H,27,28). The number of carbonyl (C=O) groups excluding carboxylic acids is 1. The van der Waals surface area contributed by atoms with E-state index in [4.69, 9.17) is 9.52 Å². The van der Waals surface area contributed by atoms with Crippen molar-refractivity contribution in [1.82, 2.24) is 10.3 Å². The van der Waals surface area contributed by atoms with Crippen LogP contribution < -0.4 is 5.32 Å². The minimum Gasteiger partial charge on any atom is -0.481 e. The minimum absolute atomic E-state index is 0.131. The van der Waals surface area contributed by atoms with Gasteiger partial charge >= 0.3 is 12.1 Å². The molecule has 1 aromatic heterocycles. The first-order valence-corrected chi connectivity index (χ1v) is 8.88. The van der Waals surface area contributed by atoms with E-state index in [1.165, 1.54) is 19.1 Å². The number of aliphatic carboxylic acids is 1. The number of carboxylic acids is 1. The van der Waals surface area contributed by atoms with Crippen molar-refractivity contribution >= 4 is 11.9 Å². The van der Waals surface area contributed by atoms with E-state index in [0.717, 1.165) is 12.1 Å². The molecule has 0 saturated heterocycles. The van der Waals surface area contributed by atoms with Crippen LogP contribution in [0.3, 0.4) is 0 Å². The Labute approximate surface area is 169 Å². The van der Waals surface area contributed by atoms with E-state index in [-0.39, 0.29) is 22.9 Å². The molecular formula is C21H17F3N2O4. The number of nitrogens with one attached hydrogen (secondary N) is 1. The number of alkyl halides is 3. The predicted molar refractivity (Wildman–Crippen MR) is 101 cm³/mol. The smallest absolute Gasteiger partial charge is 0.416 e. The average molecular weight is 418 g/mol. The maximum Gasteiger partial charge on any atom is 0.416 e. The monoisotopic (exact) mass is 418 g/mol. The van der Waals surface area contributed by atoms with Gasteiger partial charge < -0.3 is 14.8 Å². The molecule has 0 saturated carbocycles. The molecule has 1 atom stereocenters. The number of aryl methyl sites for hydroxylation is 1. The quantitative estimate of drug-likeness (QED) is 0.610. The molecule has 0 spiro atoms. The van der Waals surface area contributed by atoms with E-state index in [2.05, 4.69) is 10.3 Å². The van der Waals surface area contributed by atoms with Gasteiger partial charge in [-0.3, -0.25) is 9.59 Å². The van der Waals surface area contributed by atoms with Gasteiger partial charge in [0, 0.05) is 5.56 Å². The second-order valence-corrected chi connectivity index (χ2v) is 6.50. The van der Waals surface area contributed by atoms with Crippen molar-refractivity contribution in [2.45, 2.75) is 25.6 Å². The summed E-state index contributed by atoms with van der Waals surface area (Å²) >= 11 is 0. The highest BCUT2D eigenvalue weighted by Gasteiger charge is 2.36. The second-order valence-electron chi connectivity index (χ2n) is 6.50. The van der Waals surface area contributed by atoms with Crippen LogP contribution >= 0.6 is 0 Å². The number of carboxylic acid groups (broad SMARTS) is 1. The SMILES string of the molecule is Cc1oc(-c2ccccc2)nc1C(=O)NC(CC(=O)O)c1ccccc1C(F)(F)F. The van der Waals surface area contributed by atoms with Crippen LogP contribution in [-0.2, 0) is 11.0 Å². The van der Waals surface area contributed by atoms with Gasteiger partial charge in [0.15, 0.2) is 5.69 Å². The van der Waals surface area contributed by atoms with Crippen molar-refractivity contribution in [1.29, 1.82) is 0 Å². The third kappa shape index (κ3) is 4.68. The van der Waals surface area contributed by atoms with Crippen LogP contribution in [0.15, 0.2) is 59.0 Å². The van der Waals surface area contributed by atoms with Crippen LogP contribution in [0.25, 0.3) is 11.5 Å². The summed E-state index contributed by atoms with van der Waals surface area (Å²) in [6.45, 7) is 1.49. The van der Waals surface area contributed by atoms with E-state index in [1.807, 2.05) is 0 Å². The first-order valence-electron chi connectivity index (χ1n) is 8.88. The van der Waals surface area contributed by atoms with E-state index in [9.17, 15) is 22.8 Å². The maximum atomic E-state index is 13.4. The lowest BCUT2D eigenvalue weighted by molar-refractivity contribution is -0.140.